The number of ether oxygens (including phenoxy) is 2. The van der Waals surface area contributed by atoms with E-state index in [1.165, 1.54) is 31.6 Å². The molecule has 1 aromatic carbocycles. The summed E-state index contributed by atoms with van der Waals surface area (Å²) in [4.78, 5) is 17.9. The van der Waals surface area contributed by atoms with Gasteiger partial charge in [0.05, 0.1) is 19.3 Å². The van der Waals surface area contributed by atoms with E-state index in [2.05, 4.69) is 4.98 Å². The van der Waals surface area contributed by atoms with Gasteiger partial charge in [-0.1, -0.05) is 12.1 Å². The lowest BCUT2D eigenvalue weighted by atomic mass is 9.97. The quantitative estimate of drug-likeness (QED) is 0.788. The number of alkyl halides is 3. The van der Waals surface area contributed by atoms with Gasteiger partial charge in [-0.15, -0.1) is 0 Å². The molecule has 27 heavy (non-hydrogen) atoms. The van der Waals surface area contributed by atoms with Gasteiger partial charge in [-0.2, -0.15) is 18.2 Å². The SMILES string of the molecule is COc1nc(C(=O)N2CCC(COc3ccccc3C(F)(F)F)CC2)co1. The molecule has 1 amide bonds. The highest BCUT2D eigenvalue weighted by atomic mass is 19.4. The molecule has 0 aliphatic carbocycles. The smallest absolute Gasteiger partial charge is 0.419 e. The number of benzene rings is 1. The number of para-hydroxylation sites is 1. The second-order valence-corrected chi connectivity index (χ2v) is 6.24. The number of rotatable bonds is 5. The molecule has 0 bridgehead atoms. The van der Waals surface area contributed by atoms with E-state index >= 15 is 0 Å². The average molecular weight is 384 g/mol. The molecule has 0 saturated carbocycles. The zero-order valence-corrected chi connectivity index (χ0v) is 14.7. The van der Waals surface area contributed by atoms with Crippen molar-refractivity contribution >= 4 is 5.91 Å². The van der Waals surface area contributed by atoms with Crippen LogP contribution in [0.25, 0.3) is 0 Å². The third kappa shape index (κ3) is 4.53. The Bertz CT molecular complexity index is 783. The number of likely N-dealkylation sites (tertiary alicyclic amines) is 1. The summed E-state index contributed by atoms with van der Waals surface area (Å²) in [5, 5.41) is 0. The van der Waals surface area contributed by atoms with Gasteiger partial charge in [0.25, 0.3) is 5.91 Å². The Morgan fingerprint density at radius 1 is 1.30 bits per heavy atom. The van der Waals surface area contributed by atoms with Gasteiger partial charge in [0.1, 0.15) is 12.0 Å². The van der Waals surface area contributed by atoms with Crippen molar-refractivity contribution in [3.63, 3.8) is 0 Å². The minimum Gasteiger partial charge on any atom is -0.493 e. The lowest BCUT2D eigenvalue weighted by Gasteiger charge is -2.31. The first-order valence-electron chi connectivity index (χ1n) is 8.46. The molecule has 146 valence electrons. The number of aromatic nitrogens is 1. The predicted molar refractivity (Wildman–Crippen MR) is 88.6 cm³/mol. The molecule has 0 atom stereocenters. The molecule has 0 spiro atoms. The van der Waals surface area contributed by atoms with Gasteiger partial charge in [0.2, 0.25) is 0 Å². The number of hydrogen-bond donors (Lipinski definition) is 0. The molecule has 1 saturated heterocycles. The molecular formula is C18H19F3N2O4. The normalized spacial score (nSPS) is 15.6. The third-order valence-corrected chi connectivity index (χ3v) is 4.45. The van der Waals surface area contributed by atoms with E-state index in [9.17, 15) is 18.0 Å². The van der Waals surface area contributed by atoms with Crippen molar-refractivity contribution in [1.29, 1.82) is 0 Å². The Morgan fingerprint density at radius 2 is 2.00 bits per heavy atom. The summed E-state index contributed by atoms with van der Waals surface area (Å²) < 4.78 is 54.2. The number of amides is 1. The highest BCUT2D eigenvalue weighted by molar-refractivity contribution is 5.92. The molecule has 0 N–H and O–H groups in total. The summed E-state index contributed by atoms with van der Waals surface area (Å²) in [5.74, 6) is -0.357. The van der Waals surface area contributed by atoms with Crippen LogP contribution in [0.15, 0.2) is 34.9 Å². The maximum Gasteiger partial charge on any atom is 0.419 e. The number of methoxy groups -OCH3 is 1. The summed E-state index contributed by atoms with van der Waals surface area (Å²) in [6, 6.07) is 5.17. The van der Waals surface area contributed by atoms with Gasteiger partial charge in [-0.05, 0) is 30.9 Å². The van der Waals surface area contributed by atoms with Crippen LogP contribution in [0.2, 0.25) is 0 Å². The largest absolute Gasteiger partial charge is 0.493 e. The Kier molecular flexibility index (Phi) is 5.57. The highest BCUT2D eigenvalue weighted by Crippen LogP contribution is 2.36. The zero-order valence-electron chi connectivity index (χ0n) is 14.7. The molecule has 2 aromatic rings. The standard InChI is InChI=1S/C18H19F3N2O4/c1-25-17-22-14(11-27-17)16(24)23-8-6-12(7-9-23)10-26-15-5-3-2-4-13(15)18(19,20)21/h2-5,11-12H,6-10H2,1H3. The van der Waals surface area contributed by atoms with Crippen molar-refractivity contribution in [2.24, 2.45) is 5.92 Å². The van der Waals surface area contributed by atoms with Gasteiger partial charge >= 0.3 is 12.3 Å². The van der Waals surface area contributed by atoms with Crippen molar-refractivity contribution < 1.29 is 31.9 Å². The van der Waals surface area contributed by atoms with E-state index in [4.69, 9.17) is 13.9 Å². The molecule has 0 radical (unpaired) electrons. The summed E-state index contributed by atoms with van der Waals surface area (Å²) in [7, 11) is 1.39. The molecule has 9 heteroatoms. The van der Waals surface area contributed by atoms with Crippen LogP contribution in [0.5, 0.6) is 11.8 Å². The number of oxazole rings is 1. The fraction of sp³-hybridized carbons (Fsp3) is 0.444. The topological polar surface area (TPSA) is 64.8 Å². The highest BCUT2D eigenvalue weighted by Gasteiger charge is 2.34. The van der Waals surface area contributed by atoms with Crippen LogP contribution in [0.3, 0.4) is 0 Å². The van der Waals surface area contributed by atoms with E-state index in [0.29, 0.717) is 25.9 Å². The summed E-state index contributed by atoms with van der Waals surface area (Å²) in [5.41, 5.74) is -0.613. The molecular weight excluding hydrogens is 365 g/mol. The second kappa shape index (κ2) is 7.89. The van der Waals surface area contributed by atoms with E-state index in [-0.39, 0.29) is 36.0 Å². The minimum atomic E-state index is -4.45. The number of piperidine rings is 1. The van der Waals surface area contributed by atoms with Crippen LogP contribution in [0, 0.1) is 5.92 Å². The lowest BCUT2D eigenvalue weighted by molar-refractivity contribution is -0.139. The summed E-state index contributed by atoms with van der Waals surface area (Å²) in [6.45, 7) is 1.12. The maximum absolute atomic E-state index is 13.0. The van der Waals surface area contributed by atoms with Gasteiger partial charge in [-0.25, -0.2) is 0 Å². The summed E-state index contributed by atoms with van der Waals surface area (Å²) in [6.07, 6.45) is -1.93. The van der Waals surface area contributed by atoms with E-state index < -0.39 is 11.7 Å². The van der Waals surface area contributed by atoms with Crippen LogP contribution in [0.1, 0.15) is 28.9 Å². The van der Waals surface area contributed by atoms with Gasteiger partial charge in [0, 0.05) is 13.1 Å². The fourth-order valence-corrected chi connectivity index (χ4v) is 2.95. The molecule has 6 nitrogen and oxygen atoms in total. The number of carbonyl (C=O) groups is 1. The fourth-order valence-electron chi connectivity index (χ4n) is 2.95. The molecule has 1 fully saturated rings. The van der Waals surface area contributed by atoms with Crippen LogP contribution in [0.4, 0.5) is 13.2 Å². The maximum atomic E-state index is 13.0. The van der Waals surface area contributed by atoms with Gasteiger partial charge < -0.3 is 18.8 Å². The lowest BCUT2D eigenvalue weighted by Crippen LogP contribution is -2.39. The van der Waals surface area contributed by atoms with Crippen molar-refractivity contribution in [3.8, 4) is 11.8 Å². The van der Waals surface area contributed by atoms with Crippen LogP contribution < -0.4 is 9.47 Å². The first-order valence-corrected chi connectivity index (χ1v) is 8.46. The molecule has 3 rings (SSSR count). The predicted octanol–water partition coefficient (Wildman–Crippen LogP) is 3.63. The summed E-state index contributed by atoms with van der Waals surface area (Å²) >= 11 is 0. The number of halogens is 3. The Balaban J connectivity index is 1.52. The number of hydrogen-bond acceptors (Lipinski definition) is 5. The zero-order chi connectivity index (χ0) is 19.4. The van der Waals surface area contributed by atoms with E-state index in [1.807, 2.05) is 0 Å². The third-order valence-electron chi connectivity index (χ3n) is 4.45. The first-order chi connectivity index (χ1) is 12.9. The van der Waals surface area contributed by atoms with Crippen LogP contribution >= 0.6 is 0 Å². The molecule has 1 aliphatic heterocycles. The van der Waals surface area contributed by atoms with Crippen molar-refractivity contribution in [3.05, 3.63) is 41.8 Å². The van der Waals surface area contributed by atoms with Crippen molar-refractivity contribution in [2.45, 2.75) is 19.0 Å². The minimum absolute atomic E-state index is 0.0185. The van der Waals surface area contributed by atoms with E-state index in [1.54, 1.807) is 4.90 Å². The van der Waals surface area contributed by atoms with Crippen LogP contribution in [-0.4, -0.2) is 42.6 Å². The number of carbonyl (C=O) groups excluding carboxylic acids is 1. The van der Waals surface area contributed by atoms with E-state index in [0.717, 1.165) is 6.07 Å². The van der Waals surface area contributed by atoms with Crippen molar-refractivity contribution in [2.75, 3.05) is 26.8 Å². The molecule has 2 heterocycles. The van der Waals surface area contributed by atoms with Gasteiger partial charge in [-0.3, -0.25) is 4.79 Å². The Morgan fingerprint density at radius 3 is 2.63 bits per heavy atom. The molecule has 0 unspecified atom stereocenters. The number of nitrogens with zero attached hydrogens (tertiary/aromatic N) is 2. The Hall–Kier alpha value is -2.71. The van der Waals surface area contributed by atoms with Crippen molar-refractivity contribution in [1.82, 2.24) is 9.88 Å². The first kappa shape index (κ1) is 19.1. The molecule has 1 aliphatic rings. The Labute approximate surface area is 153 Å². The van der Waals surface area contributed by atoms with Crippen LogP contribution in [-0.2, 0) is 6.18 Å². The molecule has 1 aromatic heterocycles. The monoisotopic (exact) mass is 384 g/mol. The van der Waals surface area contributed by atoms with Gasteiger partial charge in [0.15, 0.2) is 5.69 Å². The average Bonchev–Trinajstić information content (AvgIpc) is 3.15. The second-order valence-electron chi connectivity index (χ2n) is 6.24.